The van der Waals surface area contributed by atoms with Crippen molar-refractivity contribution in [2.45, 2.75) is 25.4 Å². The minimum Gasteiger partial charge on any atom is -0.314 e. The first-order chi connectivity index (χ1) is 5.45. The molecule has 0 radical (unpaired) electrons. The molecule has 1 atom stereocenters. The largest absolute Gasteiger partial charge is 0.314 e. The minimum atomic E-state index is 0.721. The predicted octanol–water partition coefficient (Wildman–Crippen LogP) is 0.0301. The molecule has 60 valence electrons. The van der Waals surface area contributed by atoms with Crippen LogP contribution in [0.5, 0.6) is 0 Å². The highest BCUT2D eigenvalue weighted by atomic mass is 15.3. The molecule has 0 aromatic carbocycles. The van der Waals surface area contributed by atoms with E-state index in [9.17, 15) is 0 Å². The van der Waals surface area contributed by atoms with Gasteiger partial charge in [0.15, 0.2) is 0 Å². The molecule has 1 aliphatic rings. The second-order valence-electron chi connectivity index (χ2n) is 2.89. The Labute approximate surface area is 65.6 Å². The third kappa shape index (κ3) is 1.57. The van der Waals surface area contributed by atoms with Crippen molar-refractivity contribution in [1.29, 1.82) is 0 Å². The Morgan fingerprint density at radius 2 is 2.55 bits per heavy atom. The zero-order valence-electron chi connectivity index (χ0n) is 6.40. The Morgan fingerprint density at radius 1 is 1.64 bits per heavy atom. The molecule has 0 aliphatic carbocycles. The number of aromatic nitrogens is 3. The predicted molar refractivity (Wildman–Crippen MR) is 41.0 cm³/mol. The van der Waals surface area contributed by atoms with E-state index in [0.717, 1.165) is 12.6 Å². The summed E-state index contributed by atoms with van der Waals surface area (Å²) < 4.78 is 1.88. The normalized spacial score (nSPS) is 23.1. The van der Waals surface area contributed by atoms with Gasteiger partial charge in [-0.1, -0.05) is 0 Å². The molecule has 0 bridgehead atoms. The zero-order valence-corrected chi connectivity index (χ0v) is 6.40. The molecule has 2 rings (SSSR count). The molecule has 4 heteroatoms. The highest BCUT2D eigenvalue weighted by Gasteiger charge is 2.15. The van der Waals surface area contributed by atoms with E-state index in [4.69, 9.17) is 0 Å². The summed E-state index contributed by atoms with van der Waals surface area (Å²) >= 11 is 0. The first kappa shape index (κ1) is 6.79. The van der Waals surface area contributed by atoms with Crippen LogP contribution in [0.1, 0.15) is 12.8 Å². The summed E-state index contributed by atoms with van der Waals surface area (Å²) in [6.45, 7) is 2.17. The summed E-state index contributed by atoms with van der Waals surface area (Å²) in [6.07, 6.45) is 5.82. The lowest BCUT2D eigenvalue weighted by Crippen LogP contribution is -2.43. The molecule has 0 spiro atoms. The second-order valence-corrected chi connectivity index (χ2v) is 2.89. The number of nitrogens with one attached hydrogen (secondary N) is 1. The lowest BCUT2D eigenvalue weighted by Gasteiger charge is -2.27. The van der Waals surface area contributed by atoms with Crippen LogP contribution in [0.4, 0.5) is 0 Å². The number of nitrogens with zero attached hydrogens (tertiary/aromatic N) is 3. The fourth-order valence-corrected chi connectivity index (χ4v) is 1.23. The Kier molecular flexibility index (Phi) is 1.85. The van der Waals surface area contributed by atoms with E-state index in [-0.39, 0.29) is 0 Å². The Balaban J connectivity index is 1.74. The average molecular weight is 152 g/mol. The van der Waals surface area contributed by atoms with Gasteiger partial charge in [-0.25, -0.2) is 4.98 Å². The molecular weight excluding hydrogens is 140 g/mol. The van der Waals surface area contributed by atoms with E-state index in [1.807, 2.05) is 4.68 Å². The van der Waals surface area contributed by atoms with E-state index >= 15 is 0 Å². The monoisotopic (exact) mass is 152 g/mol. The molecule has 1 unspecified atom stereocenters. The van der Waals surface area contributed by atoms with Crippen LogP contribution in [0.3, 0.4) is 0 Å². The van der Waals surface area contributed by atoms with Crippen molar-refractivity contribution in [2.75, 3.05) is 6.54 Å². The molecule has 1 N–H and O–H groups in total. The van der Waals surface area contributed by atoms with Crippen molar-refractivity contribution in [2.24, 2.45) is 0 Å². The summed E-state index contributed by atoms with van der Waals surface area (Å²) in [5, 5.41) is 7.37. The third-order valence-electron chi connectivity index (χ3n) is 2.10. The Bertz CT molecular complexity index is 202. The van der Waals surface area contributed by atoms with Crippen molar-refractivity contribution in [3.05, 3.63) is 12.7 Å². The summed E-state index contributed by atoms with van der Waals surface area (Å²) in [4.78, 5) is 3.88. The zero-order chi connectivity index (χ0) is 7.52. The average Bonchev–Trinajstić information content (AvgIpc) is 2.36. The van der Waals surface area contributed by atoms with E-state index < -0.39 is 0 Å². The molecule has 0 saturated carbocycles. The van der Waals surface area contributed by atoms with Gasteiger partial charge in [0.2, 0.25) is 0 Å². The summed E-state index contributed by atoms with van der Waals surface area (Å²) in [5.41, 5.74) is 0. The van der Waals surface area contributed by atoms with Crippen LogP contribution in [-0.2, 0) is 6.54 Å². The Hall–Kier alpha value is -0.900. The fraction of sp³-hybridized carbons (Fsp3) is 0.714. The minimum absolute atomic E-state index is 0.721. The van der Waals surface area contributed by atoms with Gasteiger partial charge in [-0.3, -0.25) is 4.68 Å². The molecule has 2 heterocycles. The second kappa shape index (κ2) is 3.00. The van der Waals surface area contributed by atoms with E-state index in [1.165, 1.54) is 19.4 Å². The maximum absolute atomic E-state index is 4.02. The van der Waals surface area contributed by atoms with Crippen LogP contribution in [0.15, 0.2) is 12.7 Å². The SMILES string of the molecule is c1ncn(CCC2CCN2)n1. The highest BCUT2D eigenvalue weighted by Crippen LogP contribution is 2.06. The lowest BCUT2D eigenvalue weighted by molar-refractivity contribution is 0.329. The van der Waals surface area contributed by atoms with Crippen molar-refractivity contribution in [3.63, 3.8) is 0 Å². The van der Waals surface area contributed by atoms with Crippen LogP contribution in [0.25, 0.3) is 0 Å². The maximum Gasteiger partial charge on any atom is 0.137 e. The summed E-state index contributed by atoms with van der Waals surface area (Å²) in [5.74, 6) is 0. The van der Waals surface area contributed by atoms with Crippen LogP contribution >= 0.6 is 0 Å². The molecule has 11 heavy (non-hydrogen) atoms. The van der Waals surface area contributed by atoms with Gasteiger partial charge in [-0.15, -0.1) is 0 Å². The first-order valence-electron chi connectivity index (χ1n) is 4.01. The molecule has 1 aliphatic heterocycles. The van der Waals surface area contributed by atoms with Crippen LogP contribution < -0.4 is 5.32 Å². The van der Waals surface area contributed by atoms with Crippen molar-refractivity contribution in [3.8, 4) is 0 Å². The number of hydrogen-bond acceptors (Lipinski definition) is 3. The van der Waals surface area contributed by atoms with Crippen LogP contribution in [-0.4, -0.2) is 27.4 Å². The van der Waals surface area contributed by atoms with E-state index in [2.05, 4.69) is 15.4 Å². The highest BCUT2D eigenvalue weighted by molar-refractivity contribution is 4.76. The van der Waals surface area contributed by atoms with Gasteiger partial charge < -0.3 is 5.32 Å². The van der Waals surface area contributed by atoms with Crippen LogP contribution in [0, 0.1) is 0 Å². The van der Waals surface area contributed by atoms with Gasteiger partial charge in [0, 0.05) is 12.6 Å². The first-order valence-corrected chi connectivity index (χ1v) is 4.01. The fourth-order valence-electron chi connectivity index (χ4n) is 1.23. The number of rotatable bonds is 3. The standard InChI is InChI=1S/C7H12N4/c1-3-9-7(1)2-4-11-6-8-5-10-11/h5-7,9H,1-4H2. The van der Waals surface area contributed by atoms with Gasteiger partial charge in [0.05, 0.1) is 0 Å². The summed E-state index contributed by atoms with van der Waals surface area (Å²) in [6, 6.07) is 0.721. The quantitative estimate of drug-likeness (QED) is 0.664. The maximum atomic E-state index is 4.02. The molecular formula is C7H12N4. The van der Waals surface area contributed by atoms with E-state index in [1.54, 1.807) is 12.7 Å². The molecule has 1 saturated heterocycles. The number of hydrogen-bond donors (Lipinski definition) is 1. The smallest absolute Gasteiger partial charge is 0.137 e. The molecule has 1 aromatic rings. The lowest BCUT2D eigenvalue weighted by atomic mass is 10.0. The van der Waals surface area contributed by atoms with Crippen molar-refractivity contribution in [1.82, 2.24) is 20.1 Å². The van der Waals surface area contributed by atoms with Gasteiger partial charge in [-0.2, -0.15) is 5.10 Å². The molecule has 0 amide bonds. The topological polar surface area (TPSA) is 42.7 Å². The van der Waals surface area contributed by atoms with Crippen LogP contribution in [0.2, 0.25) is 0 Å². The van der Waals surface area contributed by atoms with Gasteiger partial charge >= 0.3 is 0 Å². The van der Waals surface area contributed by atoms with Gasteiger partial charge in [0.25, 0.3) is 0 Å². The van der Waals surface area contributed by atoms with Crippen molar-refractivity contribution < 1.29 is 0 Å². The van der Waals surface area contributed by atoms with Gasteiger partial charge in [0.1, 0.15) is 12.7 Å². The van der Waals surface area contributed by atoms with Gasteiger partial charge in [-0.05, 0) is 19.4 Å². The van der Waals surface area contributed by atoms with Crippen molar-refractivity contribution >= 4 is 0 Å². The molecule has 1 fully saturated rings. The molecule has 1 aromatic heterocycles. The molecule has 4 nitrogen and oxygen atoms in total. The summed E-state index contributed by atoms with van der Waals surface area (Å²) in [7, 11) is 0. The van der Waals surface area contributed by atoms with E-state index in [0.29, 0.717) is 0 Å². The number of aryl methyl sites for hydroxylation is 1. The Morgan fingerprint density at radius 3 is 3.09 bits per heavy atom. The third-order valence-corrected chi connectivity index (χ3v) is 2.10.